The fourth-order valence-corrected chi connectivity index (χ4v) is 5.96. The summed E-state index contributed by atoms with van der Waals surface area (Å²) >= 11 is 0. The lowest BCUT2D eigenvalue weighted by Crippen LogP contribution is -2.52. The Morgan fingerprint density at radius 2 is 1.57 bits per heavy atom. The minimum atomic E-state index is -4.20. The Morgan fingerprint density at radius 3 is 2.17 bits per heavy atom. The van der Waals surface area contributed by atoms with Crippen molar-refractivity contribution in [3.05, 3.63) is 83.9 Å². The van der Waals surface area contributed by atoms with E-state index >= 15 is 0 Å². The van der Waals surface area contributed by atoms with Crippen LogP contribution in [0.3, 0.4) is 0 Å². The predicted octanol–water partition coefficient (Wildman–Crippen LogP) is 4.93. The van der Waals surface area contributed by atoms with Gasteiger partial charge in [-0.1, -0.05) is 62.2 Å². The van der Waals surface area contributed by atoms with Gasteiger partial charge in [-0.15, -0.1) is 0 Å². The molecule has 42 heavy (non-hydrogen) atoms. The van der Waals surface area contributed by atoms with Gasteiger partial charge in [-0.05, 0) is 61.7 Å². The number of carbonyl (C=O) groups excluding carboxylic acids is 2. The lowest BCUT2D eigenvalue weighted by molar-refractivity contribution is -0.140. The first-order valence-electron chi connectivity index (χ1n) is 14.1. The normalized spacial score (nSPS) is 11.8. The number of methoxy groups -OCH3 is 2. The zero-order valence-electron chi connectivity index (χ0n) is 25.0. The van der Waals surface area contributed by atoms with Crippen LogP contribution >= 0.6 is 0 Å². The molecule has 3 aromatic carbocycles. The van der Waals surface area contributed by atoms with Crippen molar-refractivity contribution < 1.29 is 27.5 Å². The molecule has 3 rings (SSSR count). The maximum absolute atomic E-state index is 14.2. The van der Waals surface area contributed by atoms with Gasteiger partial charge in [-0.3, -0.25) is 13.9 Å². The number of benzene rings is 3. The fraction of sp³-hybridized carbons (Fsp3) is 0.375. The predicted molar refractivity (Wildman–Crippen MR) is 164 cm³/mol. The van der Waals surface area contributed by atoms with E-state index in [-0.39, 0.29) is 23.0 Å². The van der Waals surface area contributed by atoms with Crippen LogP contribution in [0, 0.1) is 6.92 Å². The Bertz CT molecular complexity index is 1430. The summed E-state index contributed by atoms with van der Waals surface area (Å²) in [6.07, 6.45) is 2.07. The number of nitrogens with zero attached hydrogens (tertiary/aromatic N) is 2. The molecule has 0 unspecified atom stereocenters. The second-order valence-corrected chi connectivity index (χ2v) is 11.8. The number of sulfonamides is 1. The molecular weight excluding hydrogens is 554 g/mol. The monoisotopic (exact) mass is 595 g/mol. The number of hydrogen-bond donors (Lipinski definition) is 1. The van der Waals surface area contributed by atoms with E-state index in [4.69, 9.17) is 9.47 Å². The number of nitrogens with one attached hydrogen (secondary N) is 1. The quantitative estimate of drug-likeness (QED) is 0.250. The van der Waals surface area contributed by atoms with Crippen LogP contribution in [0.2, 0.25) is 0 Å². The highest BCUT2D eigenvalue weighted by molar-refractivity contribution is 7.92. The number of amides is 2. The molecule has 0 bridgehead atoms. The molecule has 0 radical (unpaired) electrons. The third kappa shape index (κ3) is 8.03. The number of anilines is 1. The summed E-state index contributed by atoms with van der Waals surface area (Å²) in [5, 5.41) is 2.93. The molecule has 0 aliphatic heterocycles. The highest BCUT2D eigenvalue weighted by Gasteiger charge is 2.34. The summed E-state index contributed by atoms with van der Waals surface area (Å²) in [5.41, 5.74) is 1.90. The molecule has 0 aromatic heterocycles. The summed E-state index contributed by atoms with van der Waals surface area (Å²) < 4.78 is 39.9. The second kappa shape index (κ2) is 15.3. The molecule has 3 aromatic rings. The van der Waals surface area contributed by atoms with Crippen LogP contribution < -0.4 is 19.1 Å². The zero-order chi connectivity index (χ0) is 30.7. The molecule has 2 amide bonds. The molecule has 0 saturated heterocycles. The highest BCUT2D eigenvalue weighted by Crippen LogP contribution is 2.32. The van der Waals surface area contributed by atoms with Gasteiger partial charge in [-0.25, -0.2) is 8.42 Å². The number of hydrogen-bond acceptors (Lipinski definition) is 6. The van der Waals surface area contributed by atoms with E-state index in [9.17, 15) is 18.0 Å². The van der Waals surface area contributed by atoms with Crippen molar-refractivity contribution in [2.75, 3.05) is 31.6 Å². The van der Waals surface area contributed by atoms with Crippen molar-refractivity contribution in [2.45, 2.75) is 57.5 Å². The van der Waals surface area contributed by atoms with Crippen LogP contribution in [0.15, 0.2) is 77.7 Å². The summed E-state index contributed by atoms with van der Waals surface area (Å²) in [6, 6.07) is 19.5. The third-order valence-electron chi connectivity index (χ3n) is 6.97. The first-order chi connectivity index (χ1) is 20.2. The van der Waals surface area contributed by atoms with Gasteiger partial charge in [-0.2, -0.15) is 0 Å². The maximum atomic E-state index is 14.2. The van der Waals surface area contributed by atoms with Crippen LogP contribution in [0.5, 0.6) is 11.5 Å². The van der Waals surface area contributed by atoms with E-state index in [0.717, 1.165) is 28.3 Å². The largest absolute Gasteiger partial charge is 0.497 e. The highest BCUT2D eigenvalue weighted by atomic mass is 32.2. The van der Waals surface area contributed by atoms with Gasteiger partial charge in [0.1, 0.15) is 24.1 Å². The van der Waals surface area contributed by atoms with E-state index < -0.39 is 28.5 Å². The summed E-state index contributed by atoms with van der Waals surface area (Å²) in [6.45, 7) is 5.79. The smallest absolute Gasteiger partial charge is 0.264 e. The molecular formula is C32H41N3O6S. The van der Waals surface area contributed by atoms with E-state index in [1.807, 2.05) is 32.9 Å². The number of para-hydroxylation sites is 2. The minimum absolute atomic E-state index is 0.0397. The SMILES string of the molecule is CCCCNC(=O)[C@H](CC)N(Cc1ccc(OC)cc1)C(=O)CN(c1ccccc1OC)S(=O)(=O)c1ccc(C)cc1. The van der Waals surface area contributed by atoms with Crippen molar-refractivity contribution >= 4 is 27.5 Å². The fourth-order valence-electron chi connectivity index (χ4n) is 4.54. The summed E-state index contributed by atoms with van der Waals surface area (Å²) in [7, 11) is -1.18. The van der Waals surface area contributed by atoms with Crippen molar-refractivity contribution in [3.63, 3.8) is 0 Å². The van der Waals surface area contributed by atoms with Crippen molar-refractivity contribution in [3.8, 4) is 11.5 Å². The summed E-state index contributed by atoms with van der Waals surface area (Å²) in [4.78, 5) is 29.0. The topological polar surface area (TPSA) is 105 Å². The van der Waals surface area contributed by atoms with Crippen LogP contribution in [0.4, 0.5) is 5.69 Å². The second-order valence-electron chi connectivity index (χ2n) is 9.93. The Morgan fingerprint density at radius 1 is 0.905 bits per heavy atom. The van der Waals surface area contributed by atoms with E-state index in [1.54, 1.807) is 55.6 Å². The number of rotatable bonds is 15. The minimum Gasteiger partial charge on any atom is -0.497 e. The first-order valence-corrected chi connectivity index (χ1v) is 15.5. The Balaban J connectivity index is 2.06. The third-order valence-corrected chi connectivity index (χ3v) is 8.74. The molecule has 0 aliphatic rings. The number of aryl methyl sites for hydroxylation is 1. The van der Waals surface area contributed by atoms with Gasteiger partial charge >= 0.3 is 0 Å². The Labute approximate surface area is 249 Å². The molecule has 0 spiro atoms. The van der Waals surface area contributed by atoms with Crippen molar-refractivity contribution in [1.29, 1.82) is 0 Å². The molecule has 1 atom stereocenters. The van der Waals surface area contributed by atoms with E-state index in [0.29, 0.717) is 24.5 Å². The van der Waals surface area contributed by atoms with E-state index in [1.165, 1.54) is 24.1 Å². The van der Waals surface area contributed by atoms with Gasteiger partial charge in [0.15, 0.2) is 0 Å². The van der Waals surface area contributed by atoms with Crippen LogP contribution in [-0.2, 0) is 26.2 Å². The number of unbranched alkanes of at least 4 members (excludes halogenated alkanes) is 1. The van der Waals surface area contributed by atoms with Crippen LogP contribution in [-0.4, -0.2) is 58.5 Å². The Hall–Kier alpha value is -4.05. The molecule has 0 saturated carbocycles. The summed E-state index contributed by atoms with van der Waals surface area (Å²) in [5.74, 6) is 0.155. The maximum Gasteiger partial charge on any atom is 0.264 e. The molecule has 9 nitrogen and oxygen atoms in total. The lowest BCUT2D eigenvalue weighted by atomic mass is 10.1. The average molecular weight is 596 g/mol. The number of carbonyl (C=O) groups is 2. The van der Waals surface area contributed by atoms with Crippen molar-refractivity contribution in [1.82, 2.24) is 10.2 Å². The lowest BCUT2D eigenvalue weighted by Gasteiger charge is -2.33. The number of ether oxygens (including phenoxy) is 2. The van der Waals surface area contributed by atoms with E-state index in [2.05, 4.69) is 5.32 Å². The molecule has 1 N–H and O–H groups in total. The zero-order valence-corrected chi connectivity index (χ0v) is 25.8. The molecule has 0 aliphatic carbocycles. The average Bonchev–Trinajstić information content (AvgIpc) is 3.00. The molecule has 0 heterocycles. The standard InChI is InChI=1S/C32H41N3O6S/c1-6-8-21-33-32(37)28(7-2)34(22-25-15-17-26(40-4)18-16-25)31(36)23-35(29-11-9-10-12-30(29)41-5)42(38,39)27-19-13-24(3)14-20-27/h9-20,28H,6-8,21-23H2,1-5H3,(H,33,37)/t28-/m0/s1. The van der Waals surface area contributed by atoms with Gasteiger partial charge in [0, 0.05) is 13.1 Å². The molecule has 226 valence electrons. The van der Waals surface area contributed by atoms with Gasteiger partial charge in [0.05, 0.1) is 24.8 Å². The van der Waals surface area contributed by atoms with Crippen LogP contribution in [0.25, 0.3) is 0 Å². The first kappa shape index (κ1) is 32.5. The van der Waals surface area contributed by atoms with Gasteiger partial charge in [0.25, 0.3) is 10.0 Å². The van der Waals surface area contributed by atoms with Gasteiger partial charge in [0.2, 0.25) is 11.8 Å². The molecule has 0 fully saturated rings. The molecule has 10 heteroatoms. The van der Waals surface area contributed by atoms with Crippen LogP contribution in [0.1, 0.15) is 44.2 Å². The van der Waals surface area contributed by atoms with Crippen molar-refractivity contribution in [2.24, 2.45) is 0 Å². The Kier molecular flexibility index (Phi) is 11.8. The van der Waals surface area contributed by atoms with Gasteiger partial charge < -0.3 is 19.7 Å².